The average molecular weight is 217 g/mol. The molecule has 0 heterocycles. The molecule has 0 amide bonds. The van der Waals surface area contributed by atoms with E-state index in [0.29, 0.717) is 11.4 Å². The van der Waals surface area contributed by atoms with Crippen molar-refractivity contribution in [2.45, 2.75) is 13.3 Å². The number of carbonyl (C=O) groups excluding carboxylic acids is 1. The highest BCUT2D eigenvalue weighted by molar-refractivity contribution is 6.32. The van der Waals surface area contributed by atoms with Gasteiger partial charge in [-0.25, -0.2) is 0 Å². The molecule has 1 aromatic carbocycles. The van der Waals surface area contributed by atoms with Crippen LogP contribution in [0.1, 0.15) is 11.1 Å². The summed E-state index contributed by atoms with van der Waals surface area (Å²) in [5.41, 5.74) is 1.84. The van der Waals surface area contributed by atoms with Crippen LogP contribution in [0.15, 0.2) is 18.2 Å². The third kappa shape index (κ3) is 2.71. The normalized spacial score (nSPS) is 10.1. The van der Waals surface area contributed by atoms with E-state index in [1.54, 1.807) is 0 Å². The van der Waals surface area contributed by atoms with Gasteiger partial charge in [-0.1, -0.05) is 29.8 Å². The fourth-order valence-electron chi connectivity index (χ4n) is 1.10. The molecule has 3 heteroatoms. The van der Waals surface area contributed by atoms with E-state index in [1.807, 2.05) is 25.1 Å². The monoisotopic (exact) mass is 216 g/mol. The zero-order chi connectivity index (χ0) is 9.84. The quantitative estimate of drug-likeness (QED) is 0.711. The van der Waals surface area contributed by atoms with E-state index in [9.17, 15) is 4.79 Å². The lowest BCUT2D eigenvalue weighted by Crippen LogP contribution is -2.04. The van der Waals surface area contributed by atoms with Crippen LogP contribution in [0.25, 0.3) is 0 Å². The maximum absolute atomic E-state index is 11.1. The van der Waals surface area contributed by atoms with E-state index in [2.05, 4.69) is 0 Å². The Bertz CT molecular complexity index is 321. The molecular weight excluding hydrogens is 207 g/mol. The number of hydrogen-bond acceptors (Lipinski definition) is 1. The Morgan fingerprint density at radius 1 is 1.46 bits per heavy atom. The maximum atomic E-state index is 11.1. The first-order valence-corrected chi connectivity index (χ1v) is 4.88. The van der Waals surface area contributed by atoms with E-state index in [-0.39, 0.29) is 11.7 Å². The topological polar surface area (TPSA) is 17.1 Å². The van der Waals surface area contributed by atoms with Gasteiger partial charge < -0.3 is 0 Å². The Balaban J connectivity index is 2.89. The predicted octanol–water partition coefficient (Wildman–Crippen LogP) is 3.00. The van der Waals surface area contributed by atoms with Gasteiger partial charge >= 0.3 is 0 Å². The van der Waals surface area contributed by atoms with Crippen molar-refractivity contribution in [2.24, 2.45) is 0 Å². The smallest absolute Gasteiger partial charge is 0.152 e. The van der Waals surface area contributed by atoms with E-state index < -0.39 is 0 Å². The number of benzene rings is 1. The Kier molecular flexibility index (Phi) is 3.76. The van der Waals surface area contributed by atoms with Gasteiger partial charge in [0.25, 0.3) is 0 Å². The lowest BCUT2D eigenvalue weighted by molar-refractivity contribution is -0.116. The van der Waals surface area contributed by atoms with Crippen molar-refractivity contribution in [1.82, 2.24) is 0 Å². The van der Waals surface area contributed by atoms with E-state index >= 15 is 0 Å². The predicted molar refractivity (Wildman–Crippen MR) is 55.6 cm³/mol. The first kappa shape index (κ1) is 10.6. The zero-order valence-electron chi connectivity index (χ0n) is 7.31. The van der Waals surface area contributed by atoms with Gasteiger partial charge in [-0.15, -0.1) is 11.6 Å². The number of alkyl halides is 1. The minimum absolute atomic E-state index is 0.00540. The summed E-state index contributed by atoms with van der Waals surface area (Å²) < 4.78 is 0. The molecule has 0 fully saturated rings. The number of Topliss-reactive ketones (excluding diaryl/α,β-unsaturated/α-hetero) is 1. The van der Waals surface area contributed by atoms with Crippen LogP contribution in [0.2, 0.25) is 5.02 Å². The largest absolute Gasteiger partial charge is 0.298 e. The van der Waals surface area contributed by atoms with Crippen LogP contribution in [0.4, 0.5) is 0 Å². The number of ketones is 1. The summed E-state index contributed by atoms with van der Waals surface area (Å²) in [7, 11) is 0. The number of halogens is 2. The number of rotatable bonds is 3. The van der Waals surface area contributed by atoms with Gasteiger partial charge in [0.15, 0.2) is 5.78 Å². The lowest BCUT2D eigenvalue weighted by atomic mass is 10.1. The lowest BCUT2D eigenvalue weighted by Gasteiger charge is -2.04. The highest BCUT2D eigenvalue weighted by atomic mass is 35.5. The maximum Gasteiger partial charge on any atom is 0.152 e. The number of carbonyl (C=O) groups is 1. The minimum atomic E-state index is -0.00540. The third-order valence-electron chi connectivity index (χ3n) is 1.81. The standard InChI is InChI=1S/C10H10Cl2O/c1-7-3-2-4-8(10(7)12)5-9(13)6-11/h2-4H,5-6H2,1H3. The molecule has 1 rings (SSSR count). The van der Waals surface area contributed by atoms with Gasteiger partial charge in [0.05, 0.1) is 5.88 Å². The molecule has 0 saturated carbocycles. The molecule has 0 radical (unpaired) electrons. The summed E-state index contributed by atoms with van der Waals surface area (Å²) >= 11 is 11.4. The highest BCUT2D eigenvalue weighted by Crippen LogP contribution is 2.20. The zero-order valence-corrected chi connectivity index (χ0v) is 8.82. The molecule has 1 aromatic rings. The molecule has 0 aliphatic carbocycles. The first-order valence-electron chi connectivity index (χ1n) is 3.97. The van der Waals surface area contributed by atoms with Crippen LogP contribution in [0, 0.1) is 6.92 Å². The summed E-state index contributed by atoms with van der Waals surface area (Å²) in [6.45, 7) is 1.91. The van der Waals surface area contributed by atoms with Gasteiger partial charge in [-0.3, -0.25) is 4.79 Å². The van der Waals surface area contributed by atoms with Gasteiger partial charge in [-0.05, 0) is 18.1 Å². The highest BCUT2D eigenvalue weighted by Gasteiger charge is 2.06. The summed E-state index contributed by atoms with van der Waals surface area (Å²) in [5, 5.41) is 0.668. The van der Waals surface area contributed by atoms with Crippen molar-refractivity contribution in [3.8, 4) is 0 Å². The molecule has 0 N–H and O–H groups in total. The number of hydrogen-bond donors (Lipinski definition) is 0. The van der Waals surface area contributed by atoms with E-state index in [1.165, 1.54) is 0 Å². The summed E-state index contributed by atoms with van der Waals surface area (Å²) in [4.78, 5) is 11.1. The van der Waals surface area contributed by atoms with Crippen molar-refractivity contribution >= 4 is 29.0 Å². The second kappa shape index (κ2) is 4.64. The summed E-state index contributed by atoms with van der Waals surface area (Å²) in [5.74, 6) is 0.0405. The molecule has 0 aliphatic rings. The molecule has 0 atom stereocenters. The molecule has 0 saturated heterocycles. The van der Waals surface area contributed by atoms with Crippen molar-refractivity contribution in [3.05, 3.63) is 34.3 Å². The fraction of sp³-hybridized carbons (Fsp3) is 0.300. The van der Waals surface area contributed by atoms with Crippen molar-refractivity contribution in [1.29, 1.82) is 0 Å². The Hall–Kier alpha value is -0.530. The molecular formula is C10H10Cl2O. The Labute approximate surface area is 87.7 Å². The minimum Gasteiger partial charge on any atom is -0.298 e. The number of aryl methyl sites for hydroxylation is 1. The average Bonchev–Trinajstić information content (AvgIpc) is 2.13. The molecule has 0 bridgehead atoms. The molecule has 0 unspecified atom stereocenters. The molecule has 0 aliphatic heterocycles. The second-order valence-corrected chi connectivity index (χ2v) is 3.54. The van der Waals surface area contributed by atoms with E-state index in [0.717, 1.165) is 11.1 Å². The summed E-state index contributed by atoms with van der Waals surface area (Å²) in [6, 6.07) is 5.65. The van der Waals surface area contributed by atoms with Crippen molar-refractivity contribution in [2.75, 3.05) is 5.88 Å². The van der Waals surface area contributed by atoms with Crippen molar-refractivity contribution < 1.29 is 4.79 Å². The van der Waals surface area contributed by atoms with Crippen LogP contribution in [-0.4, -0.2) is 11.7 Å². The van der Waals surface area contributed by atoms with Crippen molar-refractivity contribution in [3.63, 3.8) is 0 Å². The van der Waals surface area contributed by atoms with Gasteiger partial charge in [0.2, 0.25) is 0 Å². The molecule has 1 nitrogen and oxygen atoms in total. The Morgan fingerprint density at radius 3 is 2.77 bits per heavy atom. The van der Waals surface area contributed by atoms with E-state index in [4.69, 9.17) is 23.2 Å². The van der Waals surface area contributed by atoms with Crippen LogP contribution in [0.5, 0.6) is 0 Å². The SMILES string of the molecule is Cc1cccc(CC(=O)CCl)c1Cl. The molecule has 0 spiro atoms. The second-order valence-electron chi connectivity index (χ2n) is 2.90. The Morgan fingerprint density at radius 2 is 2.15 bits per heavy atom. The fourth-order valence-corrected chi connectivity index (χ4v) is 1.39. The van der Waals surface area contributed by atoms with Crippen LogP contribution >= 0.6 is 23.2 Å². The molecule has 0 aromatic heterocycles. The van der Waals surface area contributed by atoms with Gasteiger partial charge in [0, 0.05) is 11.4 Å². The molecule has 70 valence electrons. The van der Waals surface area contributed by atoms with Gasteiger partial charge in [-0.2, -0.15) is 0 Å². The first-order chi connectivity index (χ1) is 6.15. The third-order valence-corrected chi connectivity index (χ3v) is 2.65. The molecule has 13 heavy (non-hydrogen) atoms. The van der Waals surface area contributed by atoms with Crippen LogP contribution < -0.4 is 0 Å². The van der Waals surface area contributed by atoms with Gasteiger partial charge in [0.1, 0.15) is 0 Å². The van der Waals surface area contributed by atoms with Crippen LogP contribution in [0.3, 0.4) is 0 Å². The summed E-state index contributed by atoms with van der Waals surface area (Å²) in [6.07, 6.45) is 0.323. The van der Waals surface area contributed by atoms with Crippen LogP contribution in [-0.2, 0) is 11.2 Å².